The van der Waals surface area contributed by atoms with Gasteiger partial charge in [-0.1, -0.05) is 39.5 Å². The highest BCUT2D eigenvalue weighted by Crippen LogP contribution is 2.27. The van der Waals surface area contributed by atoms with Gasteiger partial charge in [-0.05, 0) is 25.7 Å². The minimum atomic E-state index is -0.212. The highest BCUT2D eigenvalue weighted by Gasteiger charge is 2.25. The Morgan fingerprint density at radius 3 is 1.61 bits per heavy atom. The number of aliphatic hydroxyl groups is 2. The van der Waals surface area contributed by atoms with Crippen LogP contribution in [0.4, 0.5) is 0 Å². The molecule has 0 aliphatic heterocycles. The predicted molar refractivity (Wildman–Crippen MR) is 90.9 cm³/mol. The van der Waals surface area contributed by atoms with Crippen molar-refractivity contribution in [1.29, 1.82) is 0 Å². The van der Waals surface area contributed by atoms with Gasteiger partial charge in [0, 0.05) is 5.41 Å². The maximum absolute atomic E-state index is 9.63. The molecule has 0 aromatic rings. The first kappa shape index (κ1) is 23.9. The molecule has 0 amide bonds. The Kier molecular flexibility index (Phi) is 19.5. The maximum atomic E-state index is 9.63. The van der Waals surface area contributed by atoms with Crippen molar-refractivity contribution < 1.29 is 19.8 Å². The second kappa shape index (κ2) is 18.7. The van der Waals surface area contributed by atoms with E-state index in [0.29, 0.717) is 13.1 Å². The van der Waals surface area contributed by atoms with Gasteiger partial charge < -0.3 is 10.2 Å². The van der Waals surface area contributed by atoms with E-state index < -0.39 is 0 Å². The highest BCUT2D eigenvalue weighted by atomic mass is 16.3. The number of hydrogen-bond acceptors (Lipinski definition) is 6. The summed E-state index contributed by atoms with van der Waals surface area (Å²) in [6.07, 6.45) is 10.8. The molecule has 0 saturated carbocycles. The summed E-state index contributed by atoms with van der Waals surface area (Å²) in [6.45, 7) is 5.47. The lowest BCUT2D eigenvalue weighted by Gasteiger charge is -2.27. The van der Waals surface area contributed by atoms with Crippen molar-refractivity contribution in [3.05, 3.63) is 0 Å². The van der Waals surface area contributed by atoms with Crippen molar-refractivity contribution in [2.24, 2.45) is 15.4 Å². The largest absolute Gasteiger partial charge is 0.396 e. The molecule has 0 fully saturated rings. The Hall–Kier alpha value is -1.32. The first-order chi connectivity index (χ1) is 11.2. The molecule has 0 unspecified atom stereocenters. The van der Waals surface area contributed by atoms with E-state index in [9.17, 15) is 9.59 Å². The van der Waals surface area contributed by atoms with Gasteiger partial charge in [-0.3, -0.25) is 0 Å². The minimum Gasteiger partial charge on any atom is -0.396 e. The van der Waals surface area contributed by atoms with Gasteiger partial charge in [0.25, 0.3) is 0 Å². The minimum absolute atomic E-state index is 0.111. The first-order valence-electron chi connectivity index (χ1n) is 8.45. The molecular weight excluding hydrogens is 296 g/mol. The van der Waals surface area contributed by atoms with Gasteiger partial charge in [0.2, 0.25) is 12.2 Å². The molecule has 0 aliphatic rings. The molecule has 0 aromatic carbocycles. The van der Waals surface area contributed by atoms with Crippen LogP contribution in [0.25, 0.3) is 0 Å². The fourth-order valence-electron chi connectivity index (χ4n) is 1.99. The van der Waals surface area contributed by atoms with Crippen LogP contribution < -0.4 is 0 Å². The molecule has 0 aliphatic carbocycles. The number of isocyanates is 2. The SMILES string of the molecule is CCCCC(CC)(CO)CO.O=C=NCCCCCCN=C=O. The molecule has 6 heteroatoms. The molecule has 134 valence electrons. The van der Waals surface area contributed by atoms with Gasteiger partial charge in [0.1, 0.15) is 0 Å². The molecule has 0 heterocycles. The number of carbonyl (C=O) groups excluding carboxylic acids is 2. The fourth-order valence-corrected chi connectivity index (χ4v) is 1.99. The third-order valence-corrected chi connectivity index (χ3v) is 3.90. The van der Waals surface area contributed by atoms with Crippen LogP contribution >= 0.6 is 0 Å². The lowest BCUT2D eigenvalue weighted by Crippen LogP contribution is -2.28. The van der Waals surface area contributed by atoms with Crippen molar-refractivity contribution in [2.45, 2.75) is 65.2 Å². The van der Waals surface area contributed by atoms with E-state index in [-0.39, 0.29) is 18.6 Å². The lowest BCUT2D eigenvalue weighted by molar-refractivity contribution is 0.0420. The van der Waals surface area contributed by atoms with Crippen molar-refractivity contribution in [1.82, 2.24) is 0 Å². The quantitative estimate of drug-likeness (QED) is 0.308. The average Bonchev–Trinajstić information content (AvgIpc) is 2.60. The number of aliphatic hydroxyl groups excluding tert-OH is 2. The summed E-state index contributed by atoms with van der Waals surface area (Å²) in [5, 5.41) is 18.1. The normalized spacial score (nSPS) is 10.1. The molecule has 0 bridgehead atoms. The Morgan fingerprint density at radius 2 is 1.30 bits per heavy atom. The summed E-state index contributed by atoms with van der Waals surface area (Å²) in [5.41, 5.74) is -0.212. The molecule has 0 saturated heterocycles. The Balaban J connectivity index is 0. The molecule has 0 rings (SSSR count). The zero-order valence-electron chi connectivity index (χ0n) is 14.6. The predicted octanol–water partition coefficient (Wildman–Crippen LogP) is 2.78. The molecule has 2 N–H and O–H groups in total. The number of unbranched alkanes of at least 4 members (excludes halogenated alkanes) is 4. The molecule has 6 nitrogen and oxygen atoms in total. The Labute approximate surface area is 139 Å². The number of rotatable bonds is 13. The van der Waals surface area contributed by atoms with Gasteiger partial charge in [-0.2, -0.15) is 0 Å². The second-order valence-corrected chi connectivity index (χ2v) is 5.63. The maximum Gasteiger partial charge on any atom is 0.234 e. The molecule has 0 spiro atoms. The Morgan fingerprint density at radius 1 is 0.826 bits per heavy atom. The molecule has 0 aromatic heterocycles. The van der Waals surface area contributed by atoms with Crippen molar-refractivity contribution in [3.8, 4) is 0 Å². The van der Waals surface area contributed by atoms with Crippen LogP contribution in [0.5, 0.6) is 0 Å². The van der Waals surface area contributed by atoms with Gasteiger partial charge in [0.05, 0.1) is 26.3 Å². The fraction of sp³-hybridized carbons (Fsp3) is 0.882. The van der Waals surface area contributed by atoms with E-state index >= 15 is 0 Å². The van der Waals surface area contributed by atoms with E-state index in [1.165, 1.54) is 12.2 Å². The van der Waals surface area contributed by atoms with E-state index in [0.717, 1.165) is 51.4 Å². The van der Waals surface area contributed by atoms with Crippen molar-refractivity contribution in [2.75, 3.05) is 26.3 Å². The molecular formula is C17H32N2O4. The number of nitrogens with zero attached hydrogens (tertiary/aromatic N) is 2. The van der Waals surface area contributed by atoms with Gasteiger partial charge in [-0.15, -0.1) is 0 Å². The number of aliphatic imine (C=N–C) groups is 2. The second-order valence-electron chi connectivity index (χ2n) is 5.63. The van der Waals surface area contributed by atoms with Crippen LogP contribution in [0.1, 0.15) is 65.2 Å². The molecule has 0 radical (unpaired) electrons. The standard InChI is InChI=1S/C9H20O2.C8H12N2O2/c1-3-5-6-9(4-2,7-10)8-11;11-7-9-5-3-1-2-4-6-10-8-12/h10-11H,3-8H2,1-2H3;1-6H2. The monoisotopic (exact) mass is 328 g/mol. The van der Waals surface area contributed by atoms with Gasteiger partial charge in [0.15, 0.2) is 0 Å². The average molecular weight is 328 g/mol. The third-order valence-electron chi connectivity index (χ3n) is 3.90. The zero-order chi connectivity index (χ0) is 17.8. The third kappa shape index (κ3) is 15.4. The topological polar surface area (TPSA) is 99.3 Å². The summed E-state index contributed by atoms with van der Waals surface area (Å²) < 4.78 is 0. The van der Waals surface area contributed by atoms with Crippen LogP contribution in [0.2, 0.25) is 0 Å². The van der Waals surface area contributed by atoms with Crippen LogP contribution in [0, 0.1) is 5.41 Å². The summed E-state index contributed by atoms with van der Waals surface area (Å²) in [4.78, 5) is 26.1. The van der Waals surface area contributed by atoms with Crippen LogP contribution in [0.3, 0.4) is 0 Å². The van der Waals surface area contributed by atoms with Gasteiger partial charge >= 0.3 is 0 Å². The van der Waals surface area contributed by atoms with E-state index in [2.05, 4.69) is 16.9 Å². The summed E-state index contributed by atoms with van der Waals surface area (Å²) in [7, 11) is 0. The summed E-state index contributed by atoms with van der Waals surface area (Å²) >= 11 is 0. The van der Waals surface area contributed by atoms with Gasteiger partial charge in [-0.25, -0.2) is 19.6 Å². The smallest absolute Gasteiger partial charge is 0.234 e. The summed E-state index contributed by atoms with van der Waals surface area (Å²) in [5.74, 6) is 0. The number of hydrogen-bond donors (Lipinski definition) is 2. The Bertz CT molecular complexity index is 314. The van der Waals surface area contributed by atoms with Crippen LogP contribution in [0.15, 0.2) is 9.98 Å². The van der Waals surface area contributed by atoms with E-state index in [1.54, 1.807) is 0 Å². The first-order valence-corrected chi connectivity index (χ1v) is 8.45. The van der Waals surface area contributed by atoms with E-state index in [4.69, 9.17) is 10.2 Å². The van der Waals surface area contributed by atoms with E-state index in [1.807, 2.05) is 6.92 Å². The zero-order valence-corrected chi connectivity index (χ0v) is 14.6. The molecule has 0 atom stereocenters. The van der Waals surface area contributed by atoms with Crippen molar-refractivity contribution in [3.63, 3.8) is 0 Å². The highest BCUT2D eigenvalue weighted by molar-refractivity contribution is 5.32. The lowest BCUT2D eigenvalue weighted by atomic mass is 9.82. The summed E-state index contributed by atoms with van der Waals surface area (Å²) in [6, 6.07) is 0. The molecule has 23 heavy (non-hydrogen) atoms. The van der Waals surface area contributed by atoms with Crippen LogP contribution in [-0.4, -0.2) is 48.7 Å². The van der Waals surface area contributed by atoms with Crippen molar-refractivity contribution >= 4 is 12.2 Å². The van der Waals surface area contributed by atoms with Crippen LogP contribution in [-0.2, 0) is 9.59 Å².